The van der Waals surface area contributed by atoms with E-state index in [4.69, 9.17) is 5.73 Å². The van der Waals surface area contributed by atoms with Crippen LogP contribution in [0.2, 0.25) is 0 Å². The monoisotopic (exact) mass is 236 g/mol. The lowest BCUT2D eigenvalue weighted by molar-refractivity contribution is -0.100. The van der Waals surface area contributed by atoms with Crippen LogP contribution >= 0.6 is 0 Å². The predicted molar refractivity (Wildman–Crippen MR) is 71.7 cm³/mol. The minimum atomic E-state index is 0.482. The molecule has 3 N–H and O–H groups in total. The Hall–Kier alpha value is -0.0800. The summed E-state index contributed by atoms with van der Waals surface area (Å²) in [6.45, 7) is 6.74. The van der Waals surface area contributed by atoms with E-state index in [1.807, 2.05) is 0 Å². The van der Waals surface area contributed by atoms with E-state index in [0.717, 1.165) is 18.4 Å². The highest BCUT2D eigenvalue weighted by Crippen LogP contribution is 2.64. The molecule has 0 spiro atoms. The van der Waals surface area contributed by atoms with Crippen molar-refractivity contribution in [2.24, 2.45) is 28.4 Å². The van der Waals surface area contributed by atoms with Gasteiger partial charge in [-0.3, -0.25) is 0 Å². The van der Waals surface area contributed by atoms with Gasteiger partial charge < -0.3 is 11.1 Å². The van der Waals surface area contributed by atoms with Crippen LogP contribution in [-0.4, -0.2) is 19.1 Å². The Bertz CT molecular complexity index is 285. The van der Waals surface area contributed by atoms with Crippen LogP contribution in [0.15, 0.2) is 0 Å². The Morgan fingerprint density at radius 3 is 2.41 bits per heavy atom. The zero-order chi connectivity index (χ0) is 12.1. The molecule has 0 aromatic rings. The standard InChI is InChI=1S/C15H28N2/c1-11(8-16)17-10-15-6-12-3-13(7-15)5-14(2,4-12)9-15/h11-13,17H,3-10,16H2,1-2H3/t11-,12?,13?,14?,15?/m1/s1. The van der Waals surface area contributed by atoms with Gasteiger partial charge in [0.05, 0.1) is 0 Å². The van der Waals surface area contributed by atoms with E-state index >= 15 is 0 Å². The van der Waals surface area contributed by atoms with Crippen molar-refractivity contribution in [1.82, 2.24) is 5.32 Å². The van der Waals surface area contributed by atoms with Crippen molar-refractivity contribution in [2.45, 2.75) is 58.4 Å². The molecule has 3 atom stereocenters. The third-order valence-corrected chi connectivity index (χ3v) is 5.65. The molecule has 0 aromatic heterocycles. The van der Waals surface area contributed by atoms with Gasteiger partial charge in [-0.05, 0) is 68.1 Å². The number of hydrogen-bond donors (Lipinski definition) is 2. The Labute approximate surface area is 106 Å². The van der Waals surface area contributed by atoms with Crippen molar-refractivity contribution < 1.29 is 0 Å². The van der Waals surface area contributed by atoms with Gasteiger partial charge in [0, 0.05) is 19.1 Å². The van der Waals surface area contributed by atoms with Gasteiger partial charge in [-0.1, -0.05) is 6.92 Å². The lowest BCUT2D eigenvalue weighted by Crippen LogP contribution is -2.55. The van der Waals surface area contributed by atoms with Gasteiger partial charge in [-0.25, -0.2) is 0 Å². The zero-order valence-electron chi connectivity index (χ0n) is 11.5. The van der Waals surface area contributed by atoms with E-state index in [1.165, 1.54) is 45.1 Å². The molecule has 4 fully saturated rings. The zero-order valence-corrected chi connectivity index (χ0v) is 11.5. The summed E-state index contributed by atoms with van der Waals surface area (Å²) in [5.41, 5.74) is 7.02. The Kier molecular flexibility index (Phi) is 2.79. The second-order valence-electron chi connectivity index (χ2n) is 7.79. The van der Waals surface area contributed by atoms with E-state index in [1.54, 1.807) is 0 Å². The van der Waals surface area contributed by atoms with E-state index in [9.17, 15) is 0 Å². The molecule has 0 heterocycles. The average molecular weight is 236 g/mol. The van der Waals surface area contributed by atoms with E-state index in [2.05, 4.69) is 19.2 Å². The van der Waals surface area contributed by atoms with Crippen molar-refractivity contribution in [3.05, 3.63) is 0 Å². The van der Waals surface area contributed by atoms with Crippen LogP contribution in [-0.2, 0) is 0 Å². The van der Waals surface area contributed by atoms with Gasteiger partial charge in [0.25, 0.3) is 0 Å². The Morgan fingerprint density at radius 2 is 1.88 bits per heavy atom. The summed E-state index contributed by atoms with van der Waals surface area (Å²) in [7, 11) is 0. The van der Waals surface area contributed by atoms with Gasteiger partial charge in [-0.15, -0.1) is 0 Å². The molecular formula is C15H28N2. The fourth-order valence-electron chi connectivity index (χ4n) is 5.61. The highest BCUT2D eigenvalue weighted by molar-refractivity contribution is 5.06. The van der Waals surface area contributed by atoms with Crippen LogP contribution < -0.4 is 11.1 Å². The van der Waals surface area contributed by atoms with Crippen molar-refractivity contribution in [3.63, 3.8) is 0 Å². The van der Waals surface area contributed by atoms with Gasteiger partial charge >= 0.3 is 0 Å². The summed E-state index contributed by atoms with van der Waals surface area (Å²) in [5.74, 6) is 2.08. The van der Waals surface area contributed by atoms with E-state index in [0.29, 0.717) is 16.9 Å². The maximum Gasteiger partial charge on any atom is 0.0162 e. The fourth-order valence-corrected chi connectivity index (χ4v) is 5.61. The second kappa shape index (κ2) is 3.96. The predicted octanol–water partition coefficient (Wildman–Crippen LogP) is 2.53. The summed E-state index contributed by atoms with van der Waals surface area (Å²) in [5, 5.41) is 3.68. The first kappa shape index (κ1) is 12.0. The molecule has 4 aliphatic carbocycles. The molecule has 0 radical (unpaired) electrons. The van der Waals surface area contributed by atoms with Crippen LogP contribution in [0.25, 0.3) is 0 Å². The molecule has 2 nitrogen and oxygen atoms in total. The Morgan fingerprint density at radius 1 is 1.24 bits per heavy atom. The van der Waals surface area contributed by atoms with Crippen molar-refractivity contribution in [3.8, 4) is 0 Å². The minimum Gasteiger partial charge on any atom is -0.329 e. The first-order chi connectivity index (χ1) is 8.03. The summed E-state index contributed by atoms with van der Waals surface area (Å²) < 4.78 is 0. The topological polar surface area (TPSA) is 38.0 Å². The third-order valence-electron chi connectivity index (χ3n) is 5.65. The van der Waals surface area contributed by atoms with Crippen molar-refractivity contribution in [1.29, 1.82) is 0 Å². The lowest BCUT2D eigenvalue weighted by Gasteiger charge is -2.61. The smallest absolute Gasteiger partial charge is 0.0162 e. The van der Waals surface area contributed by atoms with Crippen LogP contribution in [0, 0.1) is 22.7 Å². The van der Waals surface area contributed by atoms with Gasteiger partial charge in [0.2, 0.25) is 0 Å². The minimum absolute atomic E-state index is 0.482. The summed E-state index contributed by atoms with van der Waals surface area (Å²) in [4.78, 5) is 0. The van der Waals surface area contributed by atoms with E-state index < -0.39 is 0 Å². The normalized spacial score (nSPS) is 49.6. The maximum atomic E-state index is 5.71. The molecule has 98 valence electrons. The number of nitrogens with two attached hydrogens (primary N) is 1. The first-order valence-corrected chi connectivity index (χ1v) is 7.46. The summed E-state index contributed by atoms with van der Waals surface area (Å²) in [6.07, 6.45) is 9.00. The maximum absolute atomic E-state index is 5.71. The third kappa shape index (κ3) is 2.15. The van der Waals surface area contributed by atoms with Gasteiger partial charge in [-0.2, -0.15) is 0 Å². The number of hydrogen-bond acceptors (Lipinski definition) is 2. The average Bonchev–Trinajstić information content (AvgIpc) is 2.22. The van der Waals surface area contributed by atoms with E-state index in [-0.39, 0.29) is 0 Å². The summed E-state index contributed by atoms with van der Waals surface area (Å²) >= 11 is 0. The van der Waals surface area contributed by atoms with Gasteiger partial charge in [0.15, 0.2) is 0 Å². The van der Waals surface area contributed by atoms with Crippen LogP contribution in [0.3, 0.4) is 0 Å². The molecule has 0 aromatic carbocycles. The van der Waals surface area contributed by atoms with Crippen LogP contribution in [0.4, 0.5) is 0 Å². The number of nitrogens with one attached hydrogen (secondary N) is 1. The first-order valence-electron chi connectivity index (χ1n) is 7.46. The van der Waals surface area contributed by atoms with Crippen LogP contribution in [0.1, 0.15) is 52.4 Å². The highest BCUT2D eigenvalue weighted by atomic mass is 14.9. The molecule has 4 aliphatic rings. The molecule has 4 saturated carbocycles. The molecular weight excluding hydrogens is 208 g/mol. The molecule has 0 amide bonds. The molecule has 4 rings (SSSR count). The van der Waals surface area contributed by atoms with Crippen LogP contribution in [0.5, 0.6) is 0 Å². The second-order valence-corrected chi connectivity index (χ2v) is 7.79. The molecule has 0 aliphatic heterocycles. The molecule has 2 unspecified atom stereocenters. The highest BCUT2D eigenvalue weighted by Gasteiger charge is 2.55. The van der Waals surface area contributed by atoms with Gasteiger partial charge in [0.1, 0.15) is 0 Å². The number of rotatable bonds is 4. The molecule has 4 bridgehead atoms. The Balaban J connectivity index is 1.70. The lowest BCUT2D eigenvalue weighted by atomic mass is 9.44. The summed E-state index contributed by atoms with van der Waals surface area (Å²) in [6, 6.07) is 0.482. The molecule has 0 saturated heterocycles. The fraction of sp³-hybridized carbons (Fsp3) is 1.00. The quantitative estimate of drug-likeness (QED) is 0.787. The largest absolute Gasteiger partial charge is 0.329 e. The molecule has 2 heteroatoms. The molecule has 17 heavy (non-hydrogen) atoms. The van der Waals surface area contributed by atoms with Crippen molar-refractivity contribution in [2.75, 3.05) is 13.1 Å². The van der Waals surface area contributed by atoms with Crippen molar-refractivity contribution >= 4 is 0 Å². The SMILES string of the molecule is C[C@H](CN)NCC12CC3CC(CC(C)(C3)C1)C2.